The van der Waals surface area contributed by atoms with Gasteiger partial charge in [-0.05, 0) is 25.5 Å². The molecule has 1 unspecified atom stereocenters. The first-order valence-corrected chi connectivity index (χ1v) is 7.56. The monoisotopic (exact) mass is 252 g/mol. The topological polar surface area (TPSA) is 29.6 Å². The predicted octanol–water partition coefficient (Wildman–Crippen LogP) is 3.41. The zero-order chi connectivity index (χ0) is 12.3. The molecular weight excluding hydrogens is 232 g/mol. The third-order valence-corrected chi connectivity index (χ3v) is 4.67. The molecule has 1 aromatic carbocycles. The number of ether oxygens (including phenoxy) is 1. The van der Waals surface area contributed by atoms with Crippen molar-refractivity contribution in [2.24, 2.45) is 0 Å². The Morgan fingerprint density at radius 2 is 1.94 bits per heavy atom. The highest BCUT2D eigenvalue weighted by molar-refractivity contribution is 7.85. The molecule has 17 heavy (non-hydrogen) atoms. The van der Waals surface area contributed by atoms with Crippen LogP contribution in [0.15, 0.2) is 29.2 Å². The lowest BCUT2D eigenvalue weighted by atomic mass is 10.2. The van der Waals surface area contributed by atoms with E-state index in [4.69, 9.17) is 4.74 Å². The van der Waals surface area contributed by atoms with E-state index in [9.17, 15) is 4.21 Å². The summed E-state index contributed by atoms with van der Waals surface area (Å²) in [6.45, 7) is 4.23. The Hall–Kier alpha value is -0.670. The van der Waals surface area contributed by atoms with E-state index >= 15 is 0 Å². The summed E-state index contributed by atoms with van der Waals surface area (Å²) in [4.78, 5) is 0.888. The first kappa shape index (κ1) is 12.8. The van der Waals surface area contributed by atoms with Crippen LogP contribution >= 0.6 is 0 Å². The summed E-state index contributed by atoms with van der Waals surface area (Å²) < 4.78 is 17.7. The van der Waals surface area contributed by atoms with Gasteiger partial charge in [0.1, 0.15) is 0 Å². The second kappa shape index (κ2) is 5.78. The van der Waals surface area contributed by atoms with Gasteiger partial charge in [-0.3, -0.25) is 4.21 Å². The summed E-state index contributed by atoms with van der Waals surface area (Å²) in [6, 6.07) is 7.88. The van der Waals surface area contributed by atoms with E-state index in [1.54, 1.807) is 0 Å². The van der Waals surface area contributed by atoms with Crippen LogP contribution in [0.5, 0.6) is 0 Å². The molecule has 1 aliphatic rings. The molecule has 0 spiro atoms. The van der Waals surface area contributed by atoms with Crippen molar-refractivity contribution in [3.8, 4) is 0 Å². The number of benzene rings is 1. The second-order valence-electron chi connectivity index (χ2n) is 4.65. The highest BCUT2D eigenvalue weighted by atomic mass is 32.2. The van der Waals surface area contributed by atoms with Crippen molar-refractivity contribution in [1.29, 1.82) is 0 Å². The summed E-state index contributed by atoms with van der Waals surface area (Å²) in [5.41, 5.74) is 1.14. The Kier molecular flexibility index (Phi) is 4.35. The highest BCUT2D eigenvalue weighted by Gasteiger charge is 2.43. The van der Waals surface area contributed by atoms with Crippen molar-refractivity contribution >= 4 is 10.8 Å². The quantitative estimate of drug-likeness (QED) is 0.573. The van der Waals surface area contributed by atoms with Gasteiger partial charge in [-0.1, -0.05) is 43.9 Å². The van der Waals surface area contributed by atoms with E-state index in [2.05, 4.69) is 6.92 Å². The van der Waals surface area contributed by atoms with E-state index in [-0.39, 0.29) is 11.5 Å². The molecule has 3 atom stereocenters. The van der Waals surface area contributed by atoms with Gasteiger partial charge in [-0.2, -0.15) is 0 Å². The third-order valence-electron chi connectivity index (χ3n) is 3.09. The molecular formula is C14H20O2S. The molecule has 1 heterocycles. The van der Waals surface area contributed by atoms with Gasteiger partial charge in [-0.25, -0.2) is 0 Å². The van der Waals surface area contributed by atoms with Crippen LogP contribution in [0.1, 0.15) is 38.2 Å². The Balaban J connectivity index is 1.84. The van der Waals surface area contributed by atoms with Crippen LogP contribution in [0, 0.1) is 6.92 Å². The molecule has 0 aliphatic carbocycles. The fraction of sp³-hybridized carbons (Fsp3) is 0.571. The average molecular weight is 252 g/mol. The number of aryl methyl sites for hydroxylation is 1. The van der Waals surface area contributed by atoms with Crippen molar-refractivity contribution < 1.29 is 8.95 Å². The standard InChI is InChI=1S/C14H20O2S/c1-3-4-5-6-13-14(16-13)17(15)12-9-7-11(2)8-10-12/h7-10,13-14H,3-6H2,1-2H3/t13-,14+,17?/m1/s1. The van der Waals surface area contributed by atoms with E-state index < -0.39 is 10.8 Å². The minimum atomic E-state index is -0.990. The molecule has 0 aromatic heterocycles. The molecule has 0 saturated carbocycles. The van der Waals surface area contributed by atoms with E-state index in [0.29, 0.717) is 0 Å². The van der Waals surface area contributed by atoms with Crippen LogP contribution < -0.4 is 0 Å². The van der Waals surface area contributed by atoms with E-state index in [1.165, 1.54) is 24.8 Å². The Bertz CT molecular complexity index is 386. The third kappa shape index (κ3) is 3.39. The number of hydrogen-bond acceptors (Lipinski definition) is 2. The van der Waals surface area contributed by atoms with Crippen molar-refractivity contribution in [3.63, 3.8) is 0 Å². The largest absolute Gasteiger partial charge is 0.355 e. The number of epoxide rings is 1. The zero-order valence-electron chi connectivity index (χ0n) is 10.5. The van der Waals surface area contributed by atoms with Crippen LogP contribution in [0.25, 0.3) is 0 Å². The number of hydrogen-bond donors (Lipinski definition) is 0. The fourth-order valence-electron chi connectivity index (χ4n) is 1.92. The minimum Gasteiger partial charge on any atom is -0.355 e. The van der Waals surface area contributed by atoms with Gasteiger partial charge in [0.25, 0.3) is 0 Å². The molecule has 1 aromatic rings. The van der Waals surface area contributed by atoms with Gasteiger partial charge in [-0.15, -0.1) is 0 Å². The number of rotatable bonds is 6. The maximum atomic E-state index is 12.1. The second-order valence-corrected chi connectivity index (χ2v) is 6.18. The van der Waals surface area contributed by atoms with Crippen molar-refractivity contribution in [2.45, 2.75) is 56.0 Å². The van der Waals surface area contributed by atoms with Crippen molar-refractivity contribution in [1.82, 2.24) is 0 Å². The van der Waals surface area contributed by atoms with Gasteiger partial charge in [0.2, 0.25) is 0 Å². The lowest BCUT2D eigenvalue weighted by Crippen LogP contribution is -2.03. The van der Waals surface area contributed by atoms with E-state index in [1.807, 2.05) is 31.2 Å². The molecule has 0 N–H and O–H groups in total. The lowest BCUT2D eigenvalue weighted by molar-refractivity contribution is 0.380. The molecule has 2 rings (SSSR count). The highest BCUT2D eigenvalue weighted by Crippen LogP contribution is 2.33. The van der Waals surface area contributed by atoms with E-state index in [0.717, 1.165) is 11.3 Å². The molecule has 2 nitrogen and oxygen atoms in total. The maximum absolute atomic E-state index is 12.1. The van der Waals surface area contributed by atoms with Gasteiger partial charge < -0.3 is 4.74 Å². The first-order valence-electron chi connectivity index (χ1n) is 6.35. The van der Waals surface area contributed by atoms with Crippen LogP contribution in [-0.2, 0) is 15.5 Å². The van der Waals surface area contributed by atoms with Crippen LogP contribution in [0.4, 0.5) is 0 Å². The Labute approximate surface area is 106 Å². The summed E-state index contributed by atoms with van der Waals surface area (Å²) in [6.07, 6.45) is 4.92. The molecule has 1 aliphatic heterocycles. The lowest BCUT2D eigenvalue weighted by Gasteiger charge is -1.99. The molecule has 0 radical (unpaired) electrons. The van der Waals surface area contributed by atoms with Gasteiger partial charge in [0.05, 0.1) is 16.9 Å². The Morgan fingerprint density at radius 3 is 2.59 bits per heavy atom. The van der Waals surface area contributed by atoms with Gasteiger partial charge in [0, 0.05) is 4.90 Å². The zero-order valence-corrected chi connectivity index (χ0v) is 11.3. The summed E-state index contributed by atoms with van der Waals surface area (Å²) in [7, 11) is -0.990. The predicted molar refractivity (Wildman–Crippen MR) is 70.4 cm³/mol. The normalized spacial score (nSPS) is 24.6. The molecule has 1 saturated heterocycles. The van der Waals surface area contributed by atoms with Crippen molar-refractivity contribution in [2.75, 3.05) is 0 Å². The van der Waals surface area contributed by atoms with Crippen molar-refractivity contribution in [3.05, 3.63) is 29.8 Å². The summed E-state index contributed by atoms with van der Waals surface area (Å²) >= 11 is 0. The first-order chi connectivity index (χ1) is 8.22. The molecule has 3 heteroatoms. The summed E-state index contributed by atoms with van der Waals surface area (Å²) in [5.74, 6) is 0. The van der Waals surface area contributed by atoms with Crippen LogP contribution in [-0.4, -0.2) is 15.7 Å². The number of unbranched alkanes of at least 4 members (excludes halogenated alkanes) is 2. The SMILES string of the molecule is CCCCC[C@H]1O[C@H]1S(=O)c1ccc(C)cc1. The minimum absolute atomic E-state index is 0.0606. The molecule has 0 bridgehead atoms. The summed E-state index contributed by atoms with van der Waals surface area (Å²) in [5, 5.41) is 0. The Morgan fingerprint density at radius 1 is 1.24 bits per heavy atom. The molecule has 0 amide bonds. The molecule has 94 valence electrons. The molecule has 1 fully saturated rings. The van der Waals surface area contributed by atoms with Gasteiger partial charge in [0.15, 0.2) is 5.44 Å². The van der Waals surface area contributed by atoms with Gasteiger partial charge >= 0.3 is 0 Å². The van der Waals surface area contributed by atoms with Crippen LogP contribution in [0.2, 0.25) is 0 Å². The maximum Gasteiger partial charge on any atom is 0.163 e. The average Bonchev–Trinajstić information content (AvgIpc) is 3.09. The van der Waals surface area contributed by atoms with Crippen LogP contribution in [0.3, 0.4) is 0 Å². The smallest absolute Gasteiger partial charge is 0.163 e. The fourth-order valence-corrected chi connectivity index (χ4v) is 3.25.